The molecule has 2 rings (SSSR count). The lowest BCUT2D eigenvalue weighted by Gasteiger charge is -2.11. The molecule has 3 N–H and O–H groups in total. The van der Waals surface area contributed by atoms with E-state index in [1.807, 2.05) is 0 Å². The van der Waals surface area contributed by atoms with Crippen molar-refractivity contribution < 1.29 is 18.4 Å². The molecular formula is C11H8F3N5OS. The van der Waals surface area contributed by atoms with Crippen LogP contribution in [-0.4, -0.2) is 26.0 Å². The Hall–Kier alpha value is -2.36. The van der Waals surface area contributed by atoms with Crippen molar-refractivity contribution in [1.29, 1.82) is 0 Å². The Morgan fingerprint density at radius 3 is 2.62 bits per heavy atom. The fraction of sp³-hybridized carbons (Fsp3) is 0.0909. The van der Waals surface area contributed by atoms with E-state index in [-0.39, 0.29) is 16.4 Å². The summed E-state index contributed by atoms with van der Waals surface area (Å²) in [5.74, 6) is -0.345. The minimum atomic E-state index is -4.60. The van der Waals surface area contributed by atoms with Gasteiger partial charge < -0.3 is 10.9 Å². The van der Waals surface area contributed by atoms with Crippen LogP contribution in [-0.2, 0) is 6.18 Å². The van der Waals surface area contributed by atoms with Gasteiger partial charge in [0.1, 0.15) is 15.7 Å². The number of halogens is 3. The second kappa shape index (κ2) is 5.95. The molecule has 0 fully saturated rings. The average Bonchev–Trinajstić information content (AvgIpc) is 2.46. The average molecular weight is 315 g/mol. The van der Waals surface area contributed by atoms with Crippen LogP contribution < -0.4 is 5.73 Å². The zero-order valence-corrected chi connectivity index (χ0v) is 11.1. The highest BCUT2D eigenvalue weighted by molar-refractivity contribution is 7.99. The zero-order chi connectivity index (χ0) is 15.5. The summed E-state index contributed by atoms with van der Waals surface area (Å²) < 4.78 is 38.1. The first-order valence-corrected chi connectivity index (χ1v) is 6.23. The Morgan fingerprint density at radius 2 is 2.05 bits per heavy atom. The van der Waals surface area contributed by atoms with Gasteiger partial charge in [-0.3, -0.25) is 4.98 Å². The van der Waals surface area contributed by atoms with Gasteiger partial charge in [-0.05, 0) is 23.9 Å². The van der Waals surface area contributed by atoms with E-state index < -0.39 is 11.9 Å². The molecular weight excluding hydrogens is 307 g/mol. The van der Waals surface area contributed by atoms with Crippen LogP contribution >= 0.6 is 11.8 Å². The van der Waals surface area contributed by atoms with Crippen LogP contribution in [0.1, 0.15) is 11.3 Å². The topological polar surface area (TPSA) is 97.3 Å². The van der Waals surface area contributed by atoms with Gasteiger partial charge in [0.15, 0.2) is 5.84 Å². The summed E-state index contributed by atoms with van der Waals surface area (Å²) in [7, 11) is 0. The Kier molecular flexibility index (Phi) is 4.26. The Morgan fingerprint density at radius 1 is 1.29 bits per heavy atom. The number of amidine groups is 1. The van der Waals surface area contributed by atoms with E-state index in [2.05, 4.69) is 20.1 Å². The SMILES string of the molecule is NC(=NO)c1ccc(C(F)(F)F)nc1Sc1cnccn1. The van der Waals surface area contributed by atoms with Crippen LogP contribution in [0.5, 0.6) is 0 Å². The van der Waals surface area contributed by atoms with Gasteiger partial charge in [-0.25, -0.2) is 9.97 Å². The molecule has 0 bridgehead atoms. The lowest BCUT2D eigenvalue weighted by molar-refractivity contribution is -0.141. The molecule has 2 aromatic rings. The maximum absolute atomic E-state index is 12.7. The van der Waals surface area contributed by atoms with E-state index in [1.165, 1.54) is 18.6 Å². The maximum atomic E-state index is 12.7. The van der Waals surface area contributed by atoms with Crippen LogP contribution in [0.15, 0.2) is 45.9 Å². The molecule has 0 atom stereocenters. The number of nitrogens with two attached hydrogens (primary N) is 1. The number of aromatic nitrogens is 3. The van der Waals surface area contributed by atoms with Crippen molar-refractivity contribution in [2.24, 2.45) is 10.9 Å². The first-order chi connectivity index (χ1) is 9.91. The van der Waals surface area contributed by atoms with Gasteiger partial charge in [-0.2, -0.15) is 13.2 Å². The third-order valence-electron chi connectivity index (χ3n) is 2.28. The third-order valence-corrected chi connectivity index (χ3v) is 3.20. The Labute approximate surface area is 120 Å². The molecule has 0 aromatic carbocycles. The number of pyridine rings is 1. The van der Waals surface area contributed by atoms with E-state index >= 15 is 0 Å². The number of hydrogen-bond acceptors (Lipinski definition) is 6. The van der Waals surface area contributed by atoms with Crippen LogP contribution in [0.4, 0.5) is 13.2 Å². The Balaban J connectivity index is 2.48. The summed E-state index contributed by atoms with van der Waals surface area (Å²) in [4.78, 5) is 11.2. The number of rotatable bonds is 3. The molecule has 0 aliphatic carbocycles. The minimum absolute atomic E-state index is 0.0705. The minimum Gasteiger partial charge on any atom is -0.409 e. The van der Waals surface area contributed by atoms with Gasteiger partial charge >= 0.3 is 6.18 Å². The van der Waals surface area contributed by atoms with Crippen molar-refractivity contribution in [2.45, 2.75) is 16.2 Å². The van der Waals surface area contributed by atoms with Crippen LogP contribution in [0.2, 0.25) is 0 Å². The van der Waals surface area contributed by atoms with Crippen molar-refractivity contribution >= 4 is 17.6 Å². The number of oxime groups is 1. The molecule has 0 aliphatic heterocycles. The Bertz CT molecular complexity index is 663. The number of nitrogens with zero attached hydrogens (tertiary/aromatic N) is 4. The molecule has 0 radical (unpaired) electrons. The second-order valence-corrected chi connectivity index (χ2v) is 4.69. The van der Waals surface area contributed by atoms with Crippen molar-refractivity contribution in [2.75, 3.05) is 0 Å². The highest BCUT2D eigenvalue weighted by atomic mass is 32.2. The standard InChI is InChI=1S/C11H8F3N5OS/c12-11(13,14)7-2-1-6(9(15)19-20)10(18-7)21-8-5-16-3-4-17-8/h1-5,20H,(H2,15,19). The van der Waals surface area contributed by atoms with Gasteiger partial charge in [0, 0.05) is 12.4 Å². The molecule has 0 aliphatic rings. The fourth-order valence-corrected chi connectivity index (χ4v) is 2.21. The van der Waals surface area contributed by atoms with Crippen LogP contribution in [0.25, 0.3) is 0 Å². The summed E-state index contributed by atoms with van der Waals surface area (Å²) in [6.07, 6.45) is -0.419. The van der Waals surface area contributed by atoms with E-state index in [9.17, 15) is 13.2 Å². The van der Waals surface area contributed by atoms with E-state index in [0.717, 1.165) is 23.9 Å². The molecule has 6 nitrogen and oxygen atoms in total. The lowest BCUT2D eigenvalue weighted by Crippen LogP contribution is -2.17. The second-order valence-electron chi connectivity index (χ2n) is 3.68. The highest BCUT2D eigenvalue weighted by Gasteiger charge is 2.33. The molecule has 10 heteroatoms. The van der Waals surface area contributed by atoms with E-state index in [1.54, 1.807) is 0 Å². The summed E-state index contributed by atoms with van der Waals surface area (Å²) in [5, 5.41) is 11.7. The van der Waals surface area contributed by atoms with Gasteiger partial charge in [0.25, 0.3) is 0 Å². The van der Waals surface area contributed by atoms with Gasteiger partial charge in [-0.15, -0.1) is 0 Å². The van der Waals surface area contributed by atoms with Gasteiger partial charge in [0.2, 0.25) is 0 Å². The lowest BCUT2D eigenvalue weighted by atomic mass is 10.2. The molecule has 0 saturated carbocycles. The zero-order valence-electron chi connectivity index (χ0n) is 10.2. The first kappa shape index (κ1) is 15.0. The van der Waals surface area contributed by atoms with E-state index in [0.29, 0.717) is 5.03 Å². The van der Waals surface area contributed by atoms with E-state index in [4.69, 9.17) is 10.9 Å². The van der Waals surface area contributed by atoms with Crippen molar-refractivity contribution in [3.63, 3.8) is 0 Å². The largest absolute Gasteiger partial charge is 0.433 e. The quantitative estimate of drug-likeness (QED) is 0.390. The summed E-state index contributed by atoms with van der Waals surface area (Å²) in [6.45, 7) is 0. The predicted molar refractivity (Wildman–Crippen MR) is 67.9 cm³/mol. The number of hydrogen-bond donors (Lipinski definition) is 2. The van der Waals surface area contributed by atoms with Gasteiger partial charge in [-0.1, -0.05) is 5.16 Å². The monoisotopic (exact) mass is 315 g/mol. The smallest absolute Gasteiger partial charge is 0.409 e. The predicted octanol–water partition coefficient (Wildman–Crippen LogP) is 2.14. The molecule has 110 valence electrons. The van der Waals surface area contributed by atoms with Crippen LogP contribution in [0.3, 0.4) is 0 Å². The molecule has 21 heavy (non-hydrogen) atoms. The summed E-state index contributed by atoms with van der Waals surface area (Å²) in [5.41, 5.74) is 4.43. The first-order valence-electron chi connectivity index (χ1n) is 5.42. The van der Waals surface area contributed by atoms with Gasteiger partial charge in [0.05, 0.1) is 11.8 Å². The van der Waals surface area contributed by atoms with Crippen molar-refractivity contribution in [3.8, 4) is 0 Å². The van der Waals surface area contributed by atoms with Crippen molar-refractivity contribution in [3.05, 3.63) is 42.0 Å². The maximum Gasteiger partial charge on any atom is 0.433 e. The van der Waals surface area contributed by atoms with Crippen molar-refractivity contribution in [1.82, 2.24) is 15.0 Å². The summed E-state index contributed by atoms with van der Waals surface area (Å²) >= 11 is 0.832. The fourth-order valence-electron chi connectivity index (χ4n) is 1.36. The third kappa shape index (κ3) is 3.60. The molecule has 0 unspecified atom stereocenters. The highest BCUT2D eigenvalue weighted by Crippen LogP contribution is 2.32. The summed E-state index contributed by atoms with van der Waals surface area (Å²) in [6, 6.07) is 1.84. The normalized spacial score (nSPS) is 12.4. The number of alkyl halides is 3. The molecule has 0 saturated heterocycles. The molecule has 2 heterocycles. The molecule has 2 aromatic heterocycles. The van der Waals surface area contributed by atoms with Crippen LogP contribution in [0, 0.1) is 0 Å². The molecule has 0 amide bonds. The molecule has 0 spiro atoms.